The van der Waals surface area contributed by atoms with Crippen molar-refractivity contribution in [2.24, 2.45) is 0 Å². The first-order valence-electron chi connectivity index (χ1n) is 5.30. The number of nitrogens with two attached hydrogens (primary N) is 1. The van der Waals surface area contributed by atoms with Crippen molar-refractivity contribution in [3.8, 4) is 0 Å². The van der Waals surface area contributed by atoms with Gasteiger partial charge >= 0.3 is 0 Å². The van der Waals surface area contributed by atoms with Gasteiger partial charge in [-0.25, -0.2) is 0 Å². The van der Waals surface area contributed by atoms with Crippen molar-refractivity contribution in [3.05, 3.63) is 41.6 Å². The maximum Gasteiger partial charge on any atom is 0.0982 e. The van der Waals surface area contributed by atoms with Crippen LogP contribution < -0.4 is 5.84 Å². The summed E-state index contributed by atoms with van der Waals surface area (Å²) >= 11 is 0. The van der Waals surface area contributed by atoms with Gasteiger partial charge < -0.3 is 5.84 Å². The highest BCUT2D eigenvalue weighted by Gasteiger charge is 2.11. The van der Waals surface area contributed by atoms with E-state index in [9.17, 15) is 0 Å². The summed E-state index contributed by atoms with van der Waals surface area (Å²) in [6.45, 7) is 4.13. The van der Waals surface area contributed by atoms with Crippen molar-refractivity contribution in [2.75, 3.05) is 5.84 Å². The number of fused-ring (bicyclic) bond motifs is 3. The zero-order valence-corrected chi connectivity index (χ0v) is 9.36. The molecule has 3 heteroatoms. The van der Waals surface area contributed by atoms with E-state index < -0.39 is 0 Å². The summed E-state index contributed by atoms with van der Waals surface area (Å²) in [5, 5.41) is 1.13. The summed E-state index contributed by atoms with van der Waals surface area (Å²) in [4.78, 5) is 4.43. The molecule has 0 aliphatic heterocycles. The number of hydrogen-bond donors (Lipinski definition) is 1. The highest BCUT2D eigenvalue weighted by atomic mass is 15.3. The zero-order chi connectivity index (χ0) is 11.3. The van der Waals surface area contributed by atoms with Crippen molar-refractivity contribution in [1.29, 1.82) is 0 Å². The molecule has 0 unspecified atom stereocenters. The Morgan fingerprint density at radius 1 is 1.19 bits per heavy atom. The molecular formula is C13H13N3. The van der Waals surface area contributed by atoms with Crippen LogP contribution in [0.3, 0.4) is 0 Å². The van der Waals surface area contributed by atoms with Crippen LogP contribution >= 0.6 is 0 Å². The van der Waals surface area contributed by atoms with E-state index in [2.05, 4.69) is 31.0 Å². The van der Waals surface area contributed by atoms with Crippen LogP contribution in [0.1, 0.15) is 11.1 Å². The molecule has 2 N–H and O–H groups in total. The van der Waals surface area contributed by atoms with Crippen LogP contribution in [0.4, 0.5) is 0 Å². The summed E-state index contributed by atoms with van der Waals surface area (Å²) in [7, 11) is 0. The van der Waals surface area contributed by atoms with Gasteiger partial charge in [0.05, 0.1) is 16.6 Å². The van der Waals surface area contributed by atoms with Gasteiger partial charge in [0.1, 0.15) is 0 Å². The third-order valence-electron chi connectivity index (χ3n) is 3.03. The smallest absolute Gasteiger partial charge is 0.0982 e. The highest BCUT2D eigenvalue weighted by molar-refractivity contribution is 6.06. The van der Waals surface area contributed by atoms with Gasteiger partial charge in [-0.15, -0.1) is 0 Å². The molecule has 16 heavy (non-hydrogen) atoms. The highest BCUT2D eigenvalue weighted by Crippen LogP contribution is 2.27. The maximum atomic E-state index is 6.10. The topological polar surface area (TPSA) is 43.8 Å². The number of aryl methyl sites for hydroxylation is 2. The van der Waals surface area contributed by atoms with E-state index >= 15 is 0 Å². The first kappa shape index (κ1) is 9.21. The molecule has 0 amide bonds. The van der Waals surface area contributed by atoms with Gasteiger partial charge in [0.2, 0.25) is 0 Å². The average Bonchev–Trinajstić information content (AvgIpc) is 2.54. The molecule has 3 rings (SSSR count). The third kappa shape index (κ3) is 1.05. The monoisotopic (exact) mass is 211 g/mol. The lowest BCUT2D eigenvalue weighted by atomic mass is 10.1. The number of nitrogens with zero attached hydrogens (tertiary/aromatic N) is 2. The molecule has 0 radical (unpaired) electrons. The van der Waals surface area contributed by atoms with Crippen LogP contribution in [-0.2, 0) is 0 Å². The normalized spacial score (nSPS) is 11.4. The van der Waals surface area contributed by atoms with Crippen LogP contribution in [0, 0.1) is 13.8 Å². The molecule has 0 spiro atoms. The van der Waals surface area contributed by atoms with Gasteiger partial charge in [0, 0.05) is 11.6 Å². The quantitative estimate of drug-likeness (QED) is 0.581. The lowest BCUT2D eigenvalue weighted by Gasteiger charge is -2.00. The fourth-order valence-electron chi connectivity index (χ4n) is 2.22. The zero-order valence-electron chi connectivity index (χ0n) is 9.36. The number of pyridine rings is 1. The number of aromatic nitrogens is 2. The van der Waals surface area contributed by atoms with Gasteiger partial charge in [0.15, 0.2) is 0 Å². The van der Waals surface area contributed by atoms with Crippen molar-refractivity contribution >= 4 is 21.9 Å². The molecule has 0 saturated heterocycles. The van der Waals surface area contributed by atoms with E-state index in [0.717, 1.165) is 27.5 Å². The Hall–Kier alpha value is -2.03. The van der Waals surface area contributed by atoms with Crippen molar-refractivity contribution in [3.63, 3.8) is 0 Å². The Balaban J connectivity index is 2.65. The minimum absolute atomic E-state index is 0.987. The van der Waals surface area contributed by atoms with Crippen LogP contribution in [0.25, 0.3) is 21.9 Å². The van der Waals surface area contributed by atoms with E-state index in [-0.39, 0.29) is 0 Å². The molecule has 80 valence electrons. The first-order valence-corrected chi connectivity index (χ1v) is 5.30. The molecule has 2 heterocycles. The summed E-state index contributed by atoms with van der Waals surface area (Å²) in [6, 6.07) is 8.23. The number of rotatable bonds is 0. The van der Waals surface area contributed by atoms with E-state index in [0.29, 0.717) is 0 Å². The summed E-state index contributed by atoms with van der Waals surface area (Å²) in [5.74, 6) is 6.10. The number of nitrogen functional groups attached to an aromatic ring is 1. The molecule has 0 aliphatic carbocycles. The summed E-state index contributed by atoms with van der Waals surface area (Å²) in [6.07, 6.45) is 1.83. The van der Waals surface area contributed by atoms with Crippen LogP contribution in [0.5, 0.6) is 0 Å². The van der Waals surface area contributed by atoms with Gasteiger partial charge in [0.25, 0.3) is 0 Å². The number of benzene rings is 1. The Kier molecular flexibility index (Phi) is 1.72. The number of hydrogen-bond acceptors (Lipinski definition) is 2. The standard InChI is InChI=1S/C13H13N3/c1-8-3-4-11-10(7-8)12-13(16(11)14)9(2)5-6-15-12/h3-7H,14H2,1-2H3. The molecule has 3 nitrogen and oxygen atoms in total. The van der Waals surface area contributed by atoms with Crippen molar-refractivity contribution in [1.82, 2.24) is 9.66 Å². The molecule has 2 aromatic heterocycles. The lowest BCUT2D eigenvalue weighted by molar-refractivity contribution is 1.10. The minimum Gasteiger partial charge on any atom is -0.338 e. The van der Waals surface area contributed by atoms with Crippen molar-refractivity contribution < 1.29 is 0 Å². The largest absolute Gasteiger partial charge is 0.338 e. The molecular weight excluding hydrogens is 198 g/mol. The molecule has 0 atom stereocenters. The molecule has 1 aromatic carbocycles. The fourth-order valence-corrected chi connectivity index (χ4v) is 2.22. The fraction of sp³-hybridized carbons (Fsp3) is 0.154. The van der Waals surface area contributed by atoms with Gasteiger partial charge in [-0.3, -0.25) is 9.66 Å². The van der Waals surface area contributed by atoms with E-state index in [1.54, 1.807) is 4.68 Å². The Morgan fingerprint density at radius 2 is 2.00 bits per heavy atom. The molecule has 0 saturated carbocycles. The second-order valence-corrected chi connectivity index (χ2v) is 4.22. The Morgan fingerprint density at radius 3 is 2.81 bits per heavy atom. The minimum atomic E-state index is 0.987. The maximum absolute atomic E-state index is 6.10. The van der Waals surface area contributed by atoms with Gasteiger partial charge in [-0.05, 0) is 37.6 Å². The molecule has 0 fully saturated rings. The van der Waals surface area contributed by atoms with Crippen molar-refractivity contribution in [2.45, 2.75) is 13.8 Å². The predicted octanol–water partition coefficient (Wildman–Crippen LogP) is 2.52. The lowest BCUT2D eigenvalue weighted by Crippen LogP contribution is -2.07. The first-order chi connectivity index (χ1) is 7.68. The van der Waals surface area contributed by atoms with Crippen LogP contribution in [0.15, 0.2) is 30.5 Å². The molecule has 0 aliphatic rings. The second kappa shape index (κ2) is 2.98. The van der Waals surface area contributed by atoms with E-state index in [1.807, 2.05) is 18.3 Å². The van der Waals surface area contributed by atoms with Gasteiger partial charge in [-0.1, -0.05) is 11.6 Å². The van der Waals surface area contributed by atoms with E-state index in [4.69, 9.17) is 5.84 Å². The molecule has 0 bridgehead atoms. The van der Waals surface area contributed by atoms with Crippen LogP contribution in [0.2, 0.25) is 0 Å². The third-order valence-corrected chi connectivity index (χ3v) is 3.03. The molecule has 3 aromatic rings. The summed E-state index contributed by atoms with van der Waals surface area (Å²) < 4.78 is 1.73. The Labute approximate surface area is 93.5 Å². The second-order valence-electron chi connectivity index (χ2n) is 4.22. The average molecular weight is 211 g/mol. The van der Waals surface area contributed by atoms with Gasteiger partial charge in [-0.2, -0.15) is 0 Å². The van der Waals surface area contributed by atoms with E-state index in [1.165, 1.54) is 5.56 Å². The predicted molar refractivity (Wildman–Crippen MR) is 66.9 cm³/mol. The Bertz CT molecular complexity index is 695. The van der Waals surface area contributed by atoms with Crippen LogP contribution in [-0.4, -0.2) is 9.66 Å². The summed E-state index contributed by atoms with van der Waals surface area (Å²) in [5.41, 5.74) is 5.41. The SMILES string of the molecule is Cc1ccc2c(c1)c1nccc(C)c1n2N.